The lowest BCUT2D eigenvalue weighted by Gasteiger charge is -2.23. The number of halogens is 1. The first kappa shape index (κ1) is 27.0. The highest BCUT2D eigenvalue weighted by atomic mass is 32.7. The molecule has 0 saturated carbocycles. The second-order valence-electron chi connectivity index (χ2n) is 5.25. The molecule has 1 saturated heterocycles. The Morgan fingerprint density at radius 2 is 1.79 bits per heavy atom. The van der Waals surface area contributed by atoms with Gasteiger partial charge in [-0.05, 0) is 6.42 Å². The Morgan fingerprint density at radius 3 is 2.32 bits per heavy atom. The van der Waals surface area contributed by atoms with Gasteiger partial charge in [-0.1, -0.05) is 12.2 Å². The molecule has 0 amide bonds. The van der Waals surface area contributed by atoms with Crippen LogP contribution in [-0.4, -0.2) is 67.3 Å². The Kier molecular flexibility index (Phi) is 10.2. The van der Waals surface area contributed by atoms with Gasteiger partial charge in [0.05, 0.1) is 12.7 Å². The first-order chi connectivity index (χ1) is 12.6. The van der Waals surface area contributed by atoms with Gasteiger partial charge in [0.2, 0.25) is 0 Å². The van der Waals surface area contributed by atoms with Crippen LogP contribution in [-0.2, 0) is 45.1 Å². The van der Waals surface area contributed by atoms with Crippen molar-refractivity contribution >= 4 is 65.0 Å². The summed E-state index contributed by atoms with van der Waals surface area (Å²) >= 11 is 3.39. The zero-order valence-corrected chi connectivity index (χ0v) is 18.5. The van der Waals surface area contributed by atoms with E-state index in [4.69, 9.17) is 23.7 Å². The van der Waals surface area contributed by atoms with E-state index in [0.717, 1.165) is 0 Å². The van der Waals surface area contributed by atoms with Crippen LogP contribution in [0.5, 0.6) is 0 Å². The van der Waals surface area contributed by atoms with Crippen molar-refractivity contribution in [3.63, 3.8) is 0 Å². The molecule has 0 aromatic carbocycles. The fourth-order valence-electron chi connectivity index (χ4n) is 1.96. The minimum absolute atomic E-state index is 0.0394. The SMILES string of the molecule is B[C@H]1C[C@H](OP(=O)(O)OBF)[C@@H](COP(=O)(S)OP(=O)(O)OP(=O)(O)BO)O1. The monoisotopic (exact) mass is 508 g/mol. The Hall–Kier alpha value is 0.995. The van der Waals surface area contributed by atoms with Gasteiger partial charge in [-0.3, -0.25) is 17.9 Å². The molecule has 162 valence electrons. The molecule has 1 fully saturated rings. The summed E-state index contributed by atoms with van der Waals surface area (Å²) in [6.07, 6.45) is -2.30. The van der Waals surface area contributed by atoms with Crippen LogP contribution in [0.2, 0.25) is 0 Å². The molecule has 4 unspecified atom stereocenters. The molecule has 7 atom stereocenters. The van der Waals surface area contributed by atoms with E-state index in [1.54, 1.807) is 7.85 Å². The molecule has 0 aromatic rings. The van der Waals surface area contributed by atoms with E-state index < -0.39 is 69.7 Å². The Balaban J connectivity index is 2.71. The molecule has 1 rings (SSSR count). The third-order valence-electron chi connectivity index (χ3n) is 2.88. The van der Waals surface area contributed by atoms with Crippen molar-refractivity contribution in [2.45, 2.75) is 24.6 Å². The highest BCUT2D eigenvalue weighted by molar-refractivity contribution is 8.45. The topological polar surface area (TPSA) is 205 Å². The van der Waals surface area contributed by atoms with Gasteiger partial charge in [-0.2, -0.15) is 4.31 Å². The van der Waals surface area contributed by atoms with Crippen LogP contribution in [0.3, 0.4) is 0 Å². The van der Waals surface area contributed by atoms with Crippen molar-refractivity contribution in [2.75, 3.05) is 6.61 Å². The van der Waals surface area contributed by atoms with Gasteiger partial charge in [0, 0.05) is 6.00 Å². The summed E-state index contributed by atoms with van der Waals surface area (Å²) in [5.74, 6) is 0. The molecule has 1 aliphatic heterocycles. The Bertz CT molecular complexity index is 727. The second-order valence-corrected chi connectivity index (χ2v) is 13.1. The zero-order valence-electron chi connectivity index (χ0n) is 14.0. The van der Waals surface area contributed by atoms with Gasteiger partial charge < -0.3 is 28.9 Å². The number of thiol groups is 1. The number of hydrogen-bond donors (Lipinski definition) is 5. The molecular weight excluding hydrogens is 491 g/mol. The van der Waals surface area contributed by atoms with Crippen molar-refractivity contribution in [3.05, 3.63) is 0 Å². The highest BCUT2D eigenvalue weighted by Gasteiger charge is 2.43. The van der Waals surface area contributed by atoms with Crippen LogP contribution in [0, 0.1) is 0 Å². The van der Waals surface area contributed by atoms with E-state index in [0.29, 0.717) is 0 Å². The number of hydrogen-bond acceptors (Lipinski definition) is 11. The quantitative estimate of drug-likeness (QED) is 0.123. The minimum atomic E-state index is -5.44. The summed E-state index contributed by atoms with van der Waals surface area (Å²) in [5, 5.41) is 8.53. The Morgan fingerprint density at radius 1 is 1.18 bits per heavy atom. The molecule has 14 nitrogen and oxygen atoms in total. The molecule has 0 bridgehead atoms. The van der Waals surface area contributed by atoms with Gasteiger partial charge in [0.15, 0.2) is 0 Å². The van der Waals surface area contributed by atoms with Gasteiger partial charge in [-0.25, -0.2) is 18.0 Å². The molecule has 0 aliphatic carbocycles. The molecule has 23 heteroatoms. The third kappa shape index (κ3) is 9.87. The predicted octanol–water partition coefficient (Wildman–Crippen LogP) is -0.895. The fraction of sp³-hybridized carbons (Fsp3) is 1.00. The molecule has 1 aliphatic rings. The average molecular weight is 508 g/mol. The van der Waals surface area contributed by atoms with Crippen LogP contribution < -0.4 is 0 Å². The number of phosphoric acid groups is 2. The van der Waals surface area contributed by atoms with E-state index in [-0.39, 0.29) is 6.42 Å². The predicted molar refractivity (Wildman–Crippen MR) is 99.6 cm³/mol. The van der Waals surface area contributed by atoms with Gasteiger partial charge in [0.1, 0.15) is 14.0 Å². The summed E-state index contributed by atoms with van der Waals surface area (Å²) in [4.78, 5) is 27.6. The van der Waals surface area contributed by atoms with Crippen molar-refractivity contribution in [1.82, 2.24) is 0 Å². The van der Waals surface area contributed by atoms with Crippen LogP contribution in [0.1, 0.15) is 6.42 Å². The first-order valence-electron chi connectivity index (χ1n) is 7.13. The molecule has 0 aromatic heterocycles. The summed E-state index contributed by atoms with van der Waals surface area (Å²) < 4.78 is 84.8. The fourth-order valence-corrected chi connectivity index (χ4v) is 7.19. The summed E-state index contributed by atoms with van der Waals surface area (Å²) in [7, 11) is -16.7. The van der Waals surface area contributed by atoms with E-state index in [1.165, 1.54) is 0 Å². The maximum atomic E-state index is 12.1. The number of rotatable bonds is 12. The van der Waals surface area contributed by atoms with Gasteiger partial charge in [-0.15, -0.1) is 0 Å². The lowest BCUT2D eigenvalue weighted by atomic mass is 9.96. The molecular formula is C5H16B3FO14P4S. The van der Waals surface area contributed by atoms with Crippen LogP contribution in [0.25, 0.3) is 0 Å². The zero-order chi connectivity index (χ0) is 21.8. The van der Waals surface area contributed by atoms with E-state index in [2.05, 4.69) is 25.3 Å². The summed E-state index contributed by atoms with van der Waals surface area (Å²) in [6.45, 7) is -5.40. The van der Waals surface area contributed by atoms with E-state index in [1.807, 2.05) is 0 Å². The van der Waals surface area contributed by atoms with Gasteiger partial charge >= 0.3 is 44.9 Å². The lowest BCUT2D eigenvalue weighted by molar-refractivity contribution is 0.00187. The molecule has 0 spiro atoms. The maximum Gasteiger partial charge on any atom is 0.490 e. The van der Waals surface area contributed by atoms with Crippen molar-refractivity contribution in [3.8, 4) is 0 Å². The number of phosphoric ester groups is 1. The van der Waals surface area contributed by atoms with E-state index in [9.17, 15) is 32.4 Å². The normalized spacial score (nSPS) is 31.1. The van der Waals surface area contributed by atoms with Gasteiger partial charge in [0.25, 0.3) is 0 Å². The van der Waals surface area contributed by atoms with Crippen LogP contribution >= 0.6 is 42.2 Å². The Labute approximate surface area is 165 Å². The summed E-state index contributed by atoms with van der Waals surface area (Å²) in [5.41, 5.74) is 0. The third-order valence-corrected chi connectivity index (χ3v) is 9.18. The molecule has 1 heterocycles. The average Bonchev–Trinajstić information content (AvgIpc) is 2.81. The standard InChI is InChI=1S/C5H16B3FO14P4S/c6-5-1-3(20-25(13,14)21-7-9)4(19-5)2-18-27(17,28)23-26(15,16)22-24(11,12)8-10/h3-5,7-8,10H,1-2,6H2,(H,11,12)(H,13,14)(H,15,16)(H,17,28)/t3-,4+,5+,27?/m0/s1. The largest absolute Gasteiger partial charge is 0.490 e. The van der Waals surface area contributed by atoms with Crippen LogP contribution in [0.15, 0.2) is 0 Å². The van der Waals surface area contributed by atoms with Crippen LogP contribution in [0.4, 0.5) is 4.32 Å². The van der Waals surface area contributed by atoms with Crippen molar-refractivity contribution < 1.29 is 69.1 Å². The van der Waals surface area contributed by atoms with E-state index >= 15 is 0 Å². The minimum Gasteiger partial charge on any atom is -0.443 e. The van der Waals surface area contributed by atoms with Crippen molar-refractivity contribution in [1.29, 1.82) is 0 Å². The lowest BCUT2D eigenvalue weighted by Crippen LogP contribution is -2.28. The molecule has 28 heavy (non-hydrogen) atoms. The smallest absolute Gasteiger partial charge is 0.443 e. The molecule has 0 radical (unpaired) electrons. The first-order valence-corrected chi connectivity index (χ1v) is 14.6. The van der Waals surface area contributed by atoms with Crippen molar-refractivity contribution in [2.24, 2.45) is 0 Å². The highest BCUT2D eigenvalue weighted by Crippen LogP contribution is 2.70. The second kappa shape index (κ2) is 10.5. The molecule has 4 N–H and O–H groups in total. The maximum absolute atomic E-state index is 12.1. The number of ether oxygens (including phenoxy) is 1. The summed E-state index contributed by atoms with van der Waals surface area (Å²) in [6, 6.07) is -0.527.